The molecule has 2 rings (SSSR count). The molecule has 1 aliphatic rings. The molecule has 12 heavy (non-hydrogen) atoms. The number of rotatable bonds is 1. The van der Waals surface area contributed by atoms with E-state index in [2.05, 4.69) is 5.32 Å². The number of furan rings is 1. The van der Waals surface area contributed by atoms with Gasteiger partial charge in [0.15, 0.2) is 0 Å². The maximum Gasteiger partial charge on any atom is 0.246 e. The number of nitrogens with one attached hydrogen (secondary N) is 1. The molecule has 0 aromatic carbocycles. The summed E-state index contributed by atoms with van der Waals surface area (Å²) in [4.78, 5) is 10.7. The first-order valence-electron chi connectivity index (χ1n) is 3.78. The quantitative estimate of drug-likeness (QED) is 0.661. The van der Waals surface area contributed by atoms with Crippen LogP contribution in [0.4, 0.5) is 0 Å². The van der Waals surface area contributed by atoms with Crippen molar-refractivity contribution in [3.8, 4) is 0 Å². The average Bonchev–Trinajstić information content (AvgIpc) is 2.58. The SMILES string of the molecule is O=C1COC(c2ccco2)CN1. The highest BCUT2D eigenvalue weighted by atomic mass is 16.5. The van der Waals surface area contributed by atoms with Crippen LogP contribution < -0.4 is 5.32 Å². The number of carbonyl (C=O) groups is 1. The highest BCUT2D eigenvalue weighted by Crippen LogP contribution is 2.18. The van der Waals surface area contributed by atoms with E-state index in [9.17, 15) is 4.79 Å². The molecule has 1 unspecified atom stereocenters. The van der Waals surface area contributed by atoms with Crippen LogP contribution in [0.2, 0.25) is 0 Å². The Morgan fingerprint density at radius 2 is 2.50 bits per heavy atom. The van der Waals surface area contributed by atoms with Crippen LogP contribution >= 0.6 is 0 Å². The number of hydrogen-bond donors (Lipinski definition) is 1. The predicted molar refractivity (Wildman–Crippen MR) is 40.4 cm³/mol. The first kappa shape index (κ1) is 7.36. The van der Waals surface area contributed by atoms with Crippen LogP contribution in [0.3, 0.4) is 0 Å². The van der Waals surface area contributed by atoms with E-state index in [0.29, 0.717) is 6.54 Å². The summed E-state index contributed by atoms with van der Waals surface area (Å²) >= 11 is 0. The highest BCUT2D eigenvalue weighted by molar-refractivity contribution is 5.77. The molecule has 0 radical (unpaired) electrons. The third-order valence-electron chi connectivity index (χ3n) is 1.76. The van der Waals surface area contributed by atoms with E-state index >= 15 is 0 Å². The van der Waals surface area contributed by atoms with E-state index in [1.54, 1.807) is 12.3 Å². The molecule has 1 N–H and O–H groups in total. The van der Waals surface area contributed by atoms with Crippen LogP contribution in [-0.2, 0) is 9.53 Å². The zero-order valence-corrected chi connectivity index (χ0v) is 6.45. The molecule has 1 aromatic heterocycles. The van der Waals surface area contributed by atoms with Crippen LogP contribution in [0.15, 0.2) is 22.8 Å². The summed E-state index contributed by atoms with van der Waals surface area (Å²) < 4.78 is 10.4. The molecule has 1 atom stereocenters. The Bertz CT molecular complexity index is 258. The smallest absolute Gasteiger partial charge is 0.246 e. The Hall–Kier alpha value is -1.29. The fourth-order valence-corrected chi connectivity index (χ4v) is 1.15. The zero-order chi connectivity index (χ0) is 8.39. The molecule has 4 nitrogen and oxygen atoms in total. The van der Waals surface area contributed by atoms with Crippen LogP contribution in [0.1, 0.15) is 11.9 Å². The lowest BCUT2D eigenvalue weighted by Crippen LogP contribution is -2.38. The Kier molecular flexibility index (Phi) is 1.83. The maximum atomic E-state index is 10.7. The molecule has 1 fully saturated rings. The summed E-state index contributed by atoms with van der Waals surface area (Å²) in [6.07, 6.45) is 1.47. The molecular weight excluding hydrogens is 158 g/mol. The van der Waals surface area contributed by atoms with Crippen molar-refractivity contribution in [2.45, 2.75) is 6.10 Å². The third kappa shape index (κ3) is 1.33. The van der Waals surface area contributed by atoms with Gasteiger partial charge in [0.05, 0.1) is 12.8 Å². The summed E-state index contributed by atoms with van der Waals surface area (Å²) in [5.74, 6) is 0.688. The van der Waals surface area contributed by atoms with Crippen LogP contribution in [-0.4, -0.2) is 19.1 Å². The largest absolute Gasteiger partial charge is 0.467 e. The van der Waals surface area contributed by atoms with Crippen molar-refractivity contribution in [3.05, 3.63) is 24.2 Å². The Labute approximate surface area is 69.5 Å². The fraction of sp³-hybridized carbons (Fsp3) is 0.375. The van der Waals surface area contributed by atoms with E-state index in [-0.39, 0.29) is 18.6 Å². The first-order valence-corrected chi connectivity index (χ1v) is 3.78. The molecule has 1 saturated heterocycles. The number of ether oxygens (including phenoxy) is 1. The Morgan fingerprint density at radius 3 is 3.08 bits per heavy atom. The topological polar surface area (TPSA) is 51.5 Å². The first-order chi connectivity index (χ1) is 5.86. The molecule has 1 aromatic rings. The lowest BCUT2D eigenvalue weighted by Gasteiger charge is -2.20. The van der Waals surface area contributed by atoms with Gasteiger partial charge < -0.3 is 14.5 Å². The number of morpholine rings is 1. The molecular formula is C8H9NO3. The van der Waals surface area contributed by atoms with Crippen molar-refractivity contribution in [1.82, 2.24) is 5.32 Å². The number of hydrogen-bond acceptors (Lipinski definition) is 3. The molecule has 64 valence electrons. The lowest BCUT2D eigenvalue weighted by molar-refractivity contribution is -0.134. The third-order valence-corrected chi connectivity index (χ3v) is 1.76. The summed E-state index contributed by atoms with van der Waals surface area (Å²) in [6.45, 7) is 0.609. The van der Waals surface area contributed by atoms with E-state index in [1.807, 2.05) is 6.07 Å². The normalized spacial score (nSPS) is 23.7. The van der Waals surface area contributed by atoms with Crippen LogP contribution in [0.5, 0.6) is 0 Å². The van der Waals surface area contributed by atoms with E-state index in [0.717, 1.165) is 5.76 Å². The van der Waals surface area contributed by atoms with Crippen LogP contribution in [0.25, 0.3) is 0 Å². The van der Waals surface area contributed by atoms with Gasteiger partial charge in [-0.3, -0.25) is 4.79 Å². The van der Waals surface area contributed by atoms with Gasteiger partial charge in [0, 0.05) is 0 Å². The monoisotopic (exact) mass is 167 g/mol. The lowest BCUT2D eigenvalue weighted by atomic mass is 10.2. The fourth-order valence-electron chi connectivity index (χ4n) is 1.15. The van der Waals surface area contributed by atoms with Crippen molar-refractivity contribution in [2.24, 2.45) is 0 Å². The number of amides is 1. The van der Waals surface area contributed by atoms with Crippen molar-refractivity contribution >= 4 is 5.91 Å². The molecule has 0 saturated carbocycles. The second-order valence-electron chi connectivity index (χ2n) is 2.62. The number of carbonyl (C=O) groups excluding carboxylic acids is 1. The van der Waals surface area contributed by atoms with Gasteiger partial charge in [-0.2, -0.15) is 0 Å². The van der Waals surface area contributed by atoms with Crippen molar-refractivity contribution < 1.29 is 13.9 Å². The summed E-state index contributed by atoms with van der Waals surface area (Å²) in [6, 6.07) is 3.64. The zero-order valence-electron chi connectivity index (χ0n) is 6.45. The minimum Gasteiger partial charge on any atom is -0.467 e. The maximum absolute atomic E-state index is 10.7. The minimum absolute atomic E-state index is 0.0715. The summed E-state index contributed by atoms with van der Waals surface area (Å²) in [7, 11) is 0. The van der Waals surface area contributed by atoms with Crippen LogP contribution in [0, 0.1) is 0 Å². The highest BCUT2D eigenvalue weighted by Gasteiger charge is 2.21. The van der Waals surface area contributed by atoms with E-state index < -0.39 is 0 Å². The second kappa shape index (κ2) is 2.98. The van der Waals surface area contributed by atoms with Gasteiger partial charge in [0.1, 0.15) is 18.5 Å². The van der Waals surface area contributed by atoms with Crippen molar-refractivity contribution in [1.29, 1.82) is 0 Å². The molecule has 0 spiro atoms. The molecule has 1 aliphatic heterocycles. The molecule has 0 aliphatic carbocycles. The van der Waals surface area contributed by atoms with Gasteiger partial charge in [0.25, 0.3) is 0 Å². The van der Waals surface area contributed by atoms with Gasteiger partial charge in [-0.05, 0) is 12.1 Å². The van der Waals surface area contributed by atoms with Gasteiger partial charge in [-0.1, -0.05) is 0 Å². The average molecular weight is 167 g/mol. The van der Waals surface area contributed by atoms with Gasteiger partial charge >= 0.3 is 0 Å². The van der Waals surface area contributed by atoms with Gasteiger partial charge in [-0.15, -0.1) is 0 Å². The Morgan fingerprint density at radius 1 is 1.58 bits per heavy atom. The Balaban J connectivity index is 2.03. The molecule has 2 heterocycles. The predicted octanol–water partition coefficient (Wildman–Crippen LogP) is 0.467. The standard InChI is InChI=1S/C8H9NO3/c10-8-5-12-7(4-9-8)6-2-1-3-11-6/h1-3,7H,4-5H2,(H,9,10). The van der Waals surface area contributed by atoms with Gasteiger partial charge in [0.2, 0.25) is 5.91 Å². The molecule has 1 amide bonds. The van der Waals surface area contributed by atoms with E-state index in [1.165, 1.54) is 0 Å². The van der Waals surface area contributed by atoms with Crippen molar-refractivity contribution in [2.75, 3.05) is 13.2 Å². The minimum atomic E-state index is -0.127. The molecule has 4 heteroatoms. The van der Waals surface area contributed by atoms with Crippen molar-refractivity contribution in [3.63, 3.8) is 0 Å². The van der Waals surface area contributed by atoms with Gasteiger partial charge in [-0.25, -0.2) is 0 Å². The summed E-state index contributed by atoms with van der Waals surface area (Å²) in [5.41, 5.74) is 0. The summed E-state index contributed by atoms with van der Waals surface area (Å²) in [5, 5.41) is 2.70. The molecule has 0 bridgehead atoms. The second-order valence-corrected chi connectivity index (χ2v) is 2.62. The van der Waals surface area contributed by atoms with E-state index in [4.69, 9.17) is 9.15 Å².